The van der Waals surface area contributed by atoms with Gasteiger partial charge in [-0.25, -0.2) is 9.07 Å². The second kappa shape index (κ2) is 11.7. The quantitative estimate of drug-likeness (QED) is 0.215. The SMILES string of the molecule is COc1cc(O)c(C(=O)/C=C/c2ccc(OC)c(OCc3cn(-c4ccc(F)cc4Cl)nn3)c2)c(OC)c1. The van der Waals surface area contributed by atoms with Gasteiger partial charge in [0.1, 0.15) is 40.9 Å². The molecular formula is C27H23ClFN3O6. The number of phenolic OH excluding ortho intramolecular Hbond substituents is 1. The van der Waals surface area contributed by atoms with Crippen LogP contribution in [0.2, 0.25) is 5.02 Å². The lowest BCUT2D eigenvalue weighted by Crippen LogP contribution is -2.01. The standard InChI is InChI=1S/C27H23ClFN3O6/c1-35-19-12-23(34)27(26(13-19)37-3)22(33)8-4-16-5-9-24(36-2)25(10-16)38-15-18-14-32(31-30-18)21-7-6-17(29)11-20(21)28/h4-14,34H,15H2,1-3H3/b8-4+. The summed E-state index contributed by atoms with van der Waals surface area (Å²) in [6, 6.07) is 11.9. The third-order valence-electron chi connectivity index (χ3n) is 5.44. The van der Waals surface area contributed by atoms with Gasteiger partial charge in [0.25, 0.3) is 0 Å². The van der Waals surface area contributed by atoms with E-state index in [0.717, 1.165) is 0 Å². The highest BCUT2D eigenvalue weighted by molar-refractivity contribution is 6.32. The number of ether oxygens (including phenoxy) is 4. The first kappa shape index (κ1) is 26.5. The Labute approximate surface area is 222 Å². The van der Waals surface area contributed by atoms with Gasteiger partial charge in [0.2, 0.25) is 0 Å². The van der Waals surface area contributed by atoms with Gasteiger partial charge in [-0.1, -0.05) is 29.0 Å². The molecular weight excluding hydrogens is 517 g/mol. The molecule has 4 aromatic rings. The Morgan fingerprint density at radius 1 is 1.03 bits per heavy atom. The van der Waals surface area contributed by atoms with Crippen molar-refractivity contribution < 1.29 is 33.2 Å². The van der Waals surface area contributed by atoms with Crippen LogP contribution in [0.15, 0.2) is 60.8 Å². The number of rotatable bonds is 10. The molecule has 0 unspecified atom stereocenters. The lowest BCUT2D eigenvalue weighted by Gasteiger charge is -2.11. The molecule has 11 heteroatoms. The Balaban J connectivity index is 1.50. The van der Waals surface area contributed by atoms with Crippen LogP contribution in [-0.4, -0.2) is 47.2 Å². The van der Waals surface area contributed by atoms with Crippen molar-refractivity contribution >= 4 is 23.5 Å². The molecule has 196 valence electrons. The zero-order chi connectivity index (χ0) is 27.2. The van der Waals surface area contributed by atoms with Crippen LogP contribution in [0.4, 0.5) is 4.39 Å². The molecule has 0 amide bonds. The van der Waals surface area contributed by atoms with Gasteiger partial charge in [0.15, 0.2) is 17.3 Å². The zero-order valence-corrected chi connectivity index (χ0v) is 21.4. The molecule has 9 nitrogen and oxygen atoms in total. The molecule has 0 saturated heterocycles. The summed E-state index contributed by atoms with van der Waals surface area (Å²) in [5, 5.41) is 18.6. The number of methoxy groups -OCH3 is 3. The number of phenols is 1. The maximum Gasteiger partial charge on any atom is 0.193 e. The summed E-state index contributed by atoms with van der Waals surface area (Å²) in [5.41, 5.74) is 1.62. The number of benzene rings is 3. The van der Waals surface area contributed by atoms with Crippen molar-refractivity contribution in [2.75, 3.05) is 21.3 Å². The molecule has 0 aliphatic carbocycles. The summed E-state index contributed by atoms with van der Waals surface area (Å²) >= 11 is 6.10. The monoisotopic (exact) mass is 539 g/mol. The molecule has 0 aliphatic heterocycles. The van der Waals surface area contributed by atoms with Crippen molar-refractivity contribution in [3.63, 3.8) is 0 Å². The van der Waals surface area contributed by atoms with E-state index in [9.17, 15) is 14.3 Å². The molecule has 38 heavy (non-hydrogen) atoms. The molecule has 0 bridgehead atoms. The highest BCUT2D eigenvalue weighted by Gasteiger charge is 2.17. The van der Waals surface area contributed by atoms with Crippen LogP contribution in [0.3, 0.4) is 0 Å². The van der Waals surface area contributed by atoms with E-state index < -0.39 is 11.6 Å². The fraction of sp³-hybridized carbons (Fsp3) is 0.148. The molecule has 0 aliphatic rings. The topological polar surface area (TPSA) is 105 Å². The van der Waals surface area contributed by atoms with Gasteiger partial charge in [-0.05, 0) is 42.0 Å². The Hall–Kier alpha value is -4.57. The van der Waals surface area contributed by atoms with Crippen LogP contribution in [0.1, 0.15) is 21.6 Å². The van der Waals surface area contributed by atoms with Crippen LogP contribution >= 0.6 is 11.6 Å². The van der Waals surface area contributed by atoms with E-state index in [4.69, 9.17) is 30.5 Å². The average molecular weight is 540 g/mol. The second-order valence-electron chi connectivity index (χ2n) is 7.87. The minimum atomic E-state index is -0.462. The van der Waals surface area contributed by atoms with Gasteiger partial charge in [-0.3, -0.25) is 4.79 Å². The highest BCUT2D eigenvalue weighted by atomic mass is 35.5. The van der Waals surface area contributed by atoms with Crippen LogP contribution in [0, 0.1) is 5.82 Å². The number of nitrogens with zero attached hydrogens (tertiary/aromatic N) is 3. The smallest absolute Gasteiger partial charge is 0.193 e. The molecule has 1 N–H and O–H groups in total. The van der Waals surface area contributed by atoms with Crippen molar-refractivity contribution in [2.24, 2.45) is 0 Å². The van der Waals surface area contributed by atoms with E-state index in [-0.39, 0.29) is 28.7 Å². The number of aromatic nitrogens is 3. The average Bonchev–Trinajstić information content (AvgIpc) is 3.38. The largest absolute Gasteiger partial charge is 0.507 e. The second-order valence-corrected chi connectivity index (χ2v) is 8.28. The van der Waals surface area contributed by atoms with Crippen molar-refractivity contribution in [1.29, 1.82) is 0 Å². The van der Waals surface area contributed by atoms with E-state index >= 15 is 0 Å². The summed E-state index contributed by atoms with van der Waals surface area (Å²) in [5.74, 6) is 0.243. The normalized spacial score (nSPS) is 11.0. The summed E-state index contributed by atoms with van der Waals surface area (Å²) in [6.45, 7) is 0.0538. The maximum absolute atomic E-state index is 13.3. The van der Waals surface area contributed by atoms with Crippen LogP contribution < -0.4 is 18.9 Å². The number of allylic oxidation sites excluding steroid dienone is 1. The van der Waals surface area contributed by atoms with E-state index in [2.05, 4.69) is 10.3 Å². The molecule has 3 aromatic carbocycles. The van der Waals surface area contributed by atoms with Gasteiger partial charge in [0, 0.05) is 12.1 Å². The first-order valence-electron chi connectivity index (χ1n) is 11.2. The van der Waals surface area contributed by atoms with E-state index in [1.165, 1.54) is 62.4 Å². The third-order valence-corrected chi connectivity index (χ3v) is 5.75. The Morgan fingerprint density at radius 3 is 2.53 bits per heavy atom. The van der Waals surface area contributed by atoms with Crippen molar-refractivity contribution in [3.05, 3.63) is 88.5 Å². The van der Waals surface area contributed by atoms with Crippen LogP contribution in [0.5, 0.6) is 28.7 Å². The lowest BCUT2D eigenvalue weighted by molar-refractivity contribution is 0.104. The number of halogens is 2. The first-order valence-corrected chi connectivity index (χ1v) is 11.6. The molecule has 4 rings (SSSR count). The number of carbonyl (C=O) groups is 1. The zero-order valence-electron chi connectivity index (χ0n) is 20.6. The fourth-order valence-corrected chi connectivity index (χ4v) is 3.82. The summed E-state index contributed by atoms with van der Waals surface area (Å²) < 4.78 is 36.4. The predicted molar refractivity (Wildman–Crippen MR) is 138 cm³/mol. The molecule has 0 fully saturated rings. The van der Waals surface area contributed by atoms with Crippen molar-refractivity contribution in [3.8, 4) is 34.4 Å². The first-order chi connectivity index (χ1) is 18.3. The predicted octanol–water partition coefficient (Wildman–Crippen LogP) is 5.27. The Bertz CT molecular complexity index is 1500. The fourth-order valence-electron chi connectivity index (χ4n) is 3.57. The number of aromatic hydroxyl groups is 1. The summed E-state index contributed by atoms with van der Waals surface area (Å²) in [7, 11) is 4.35. The molecule has 0 saturated carbocycles. The Morgan fingerprint density at radius 2 is 1.82 bits per heavy atom. The lowest BCUT2D eigenvalue weighted by atomic mass is 10.1. The molecule has 1 heterocycles. The summed E-state index contributed by atoms with van der Waals surface area (Å²) in [4.78, 5) is 12.8. The molecule has 0 atom stereocenters. The van der Waals surface area contributed by atoms with Crippen molar-refractivity contribution in [1.82, 2.24) is 15.0 Å². The van der Waals surface area contributed by atoms with Gasteiger partial charge in [-0.15, -0.1) is 5.10 Å². The minimum Gasteiger partial charge on any atom is -0.507 e. The number of hydrogen-bond acceptors (Lipinski definition) is 8. The number of ketones is 1. The maximum atomic E-state index is 13.3. The van der Waals surface area contributed by atoms with E-state index in [1.54, 1.807) is 30.5 Å². The summed E-state index contributed by atoms with van der Waals surface area (Å²) in [6.07, 6.45) is 4.50. The Kier molecular flexibility index (Phi) is 8.12. The third kappa shape index (κ3) is 5.87. The van der Waals surface area contributed by atoms with Gasteiger partial charge >= 0.3 is 0 Å². The molecule has 0 radical (unpaired) electrons. The number of carbonyl (C=O) groups excluding carboxylic acids is 1. The van der Waals surface area contributed by atoms with E-state index in [0.29, 0.717) is 34.2 Å². The van der Waals surface area contributed by atoms with Gasteiger partial charge in [-0.2, -0.15) is 0 Å². The van der Waals surface area contributed by atoms with Gasteiger partial charge < -0.3 is 24.1 Å². The highest BCUT2D eigenvalue weighted by Crippen LogP contribution is 2.34. The van der Waals surface area contributed by atoms with Crippen molar-refractivity contribution in [2.45, 2.75) is 6.61 Å². The minimum absolute atomic E-state index is 0.0129. The van der Waals surface area contributed by atoms with Crippen LogP contribution in [-0.2, 0) is 6.61 Å². The number of hydrogen-bond donors (Lipinski definition) is 1. The van der Waals surface area contributed by atoms with E-state index in [1.807, 2.05) is 0 Å². The van der Waals surface area contributed by atoms with Crippen LogP contribution in [0.25, 0.3) is 11.8 Å². The van der Waals surface area contributed by atoms with Gasteiger partial charge in [0.05, 0.1) is 38.2 Å². The molecule has 0 spiro atoms. The molecule has 1 aromatic heterocycles.